The van der Waals surface area contributed by atoms with Crippen molar-refractivity contribution in [3.05, 3.63) is 0 Å². The maximum atomic E-state index is 12.4. The average molecular weight is 270 g/mol. The summed E-state index contributed by atoms with van der Waals surface area (Å²) in [5.41, 5.74) is 0. The highest BCUT2D eigenvalue weighted by Gasteiger charge is 2.36. The van der Waals surface area contributed by atoms with Gasteiger partial charge in [0.25, 0.3) is 0 Å². The Morgan fingerprint density at radius 3 is 2.78 bits per heavy atom. The third kappa shape index (κ3) is 2.82. The SMILES string of the molecule is CCC1NC(=O)CCN(C2CCC(SC)C2)C1=O. The van der Waals surface area contributed by atoms with Crippen molar-refractivity contribution in [2.75, 3.05) is 12.8 Å². The minimum Gasteiger partial charge on any atom is -0.344 e. The summed E-state index contributed by atoms with van der Waals surface area (Å²) in [6.45, 7) is 2.54. The number of hydrogen-bond acceptors (Lipinski definition) is 3. The summed E-state index contributed by atoms with van der Waals surface area (Å²) < 4.78 is 0. The first kappa shape index (κ1) is 13.7. The Bertz CT molecular complexity index is 335. The number of nitrogens with zero attached hydrogens (tertiary/aromatic N) is 1. The van der Waals surface area contributed by atoms with Gasteiger partial charge in [0, 0.05) is 24.3 Å². The monoisotopic (exact) mass is 270 g/mol. The van der Waals surface area contributed by atoms with Gasteiger partial charge in [0.15, 0.2) is 0 Å². The molecule has 0 radical (unpaired) electrons. The van der Waals surface area contributed by atoms with Crippen LogP contribution in [0.5, 0.6) is 0 Å². The van der Waals surface area contributed by atoms with Gasteiger partial charge in [0.05, 0.1) is 0 Å². The van der Waals surface area contributed by atoms with Gasteiger partial charge in [-0.2, -0.15) is 11.8 Å². The van der Waals surface area contributed by atoms with E-state index < -0.39 is 0 Å². The summed E-state index contributed by atoms with van der Waals surface area (Å²) in [6.07, 6.45) is 6.62. The maximum Gasteiger partial charge on any atom is 0.245 e. The number of thioether (sulfide) groups is 1. The van der Waals surface area contributed by atoms with Crippen molar-refractivity contribution in [1.82, 2.24) is 10.2 Å². The lowest BCUT2D eigenvalue weighted by Crippen LogP contribution is -2.47. The molecule has 1 aliphatic heterocycles. The van der Waals surface area contributed by atoms with Gasteiger partial charge in [-0.05, 0) is 31.9 Å². The van der Waals surface area contributed by atoms with Crippen molar-refractivity contribution in [1.29, 1.82) is 0 Å². The van der Waals surface area contributed by atoms with E-state index in [4.69, 9.17) is 0 Å². The summed E-state index contributed by atoms with van der Waals surface area (Å²) in [7, 11) is 0. The van der Waals surface area contributed by atoms with Gasteiger partial charge in [-0.15, -0.1) is 0 Å². The molecule has 5 heteroatoms. The lowest BCUT2D eigenvalue weighted by Gasteiger charge is -2.29. The molecule has 1 saturated carbocycles. The van der Waals surface area contributed by atoms with E-state index in [1.54, 1.807) is 0 Å². The molecular weight excluding hydrogens is 248 g/mol. The fourth-order valence-electron chi connectivity index (χ4n) is 2.91. The topological polar surface area (TPSA) is 49.4 Å². The smallest absolute Gasteiger partial charge is 0.245 e. The van der Waals surface area contributed by atoms with Gasteiger partial charge in [0.2, 0.25) is 11.8 Å². The quantitative estimate of drug-likeness (QED) is 0.843. The molecule has 1 N–H and O–H groups in total. The highest BCUT2D eigenvalue weighted by atomic mass is 32.2. The number of hydrogen-bond donors (Lipinski definition) is 1. The van der Waals surface area contributed by atoms with E-state index in [-0.39, 0.29) is 17.9 Å². The standard InChI is InChI=1S/C13H22N2O2S/c1-3-11-13(17)15(7-6-12(16)14-11)9-4-5-10(8-9)18-2/h9-11H,3-8H2,1-2H3,(H,14,16). The fourth-order valence-corrected chi connectivity index (χ4v) is 3.70. The summed E-state index contributed by atoms with van der Waals surface area (Å²) in [5.74, 6) is 0.132. The molecule has 18 heavy (non-hydrogen) atoms. The van der Waals surface area contributed by atoms with Crippen molar-refractivity contribution >= 4 is 23.6 Å². The molecule has 1 saturated heterocycles. The number of rotatable bonds is 3. The molecule has 4 nitrogen and oxygen atoms in total. The second-order valence-corrected chi connectivity index (χ2v) is 6.27. The van der Waals surface area contributed by atoms with E-state index in [0.717, 1.165) is 12.8 Å². The summed E-state index contributed by atoms with van der Waals surface area (Å²) >= 11 is 1.89. The van der Waals surface area contributed by atoms with Crippen LogP contribution in [0.4, 0.5) is 0 Å². The first-order chi connectivity index (χ1) is 8.65. The van der Waals surface area contributed by atoms with Crippen LogP contribution < -0.4 is 5.32 Å². The Labute approximate surface area is 113 Å². The summed E-state index contributed by atoms with van der Waals surface area (Å²) in [6, 6.07) is 0.0324. The minimum atomic E-state index is -0.312. The Balaban J connectivity index is 2.06. The zero-order valence-electron chi connectivity index (χ0n) is 11.1. The molecule has 3 atom stereocenters. The van der Waals surface area contributed by atoms with Crippen molar-refractivity contribution in [2.24, 2.45) is 0 Å². The summed E-state index contributed by atoms with van der Waals surface area (Å²) in [5, 5.41) is 3.50. The predicted octanol–water partition coefficient (Wildman–Crippen LogP) is 1.40. The Hall–Kier alpha value is -0.710. The fraction of sp³-hybridized carbons (Fsp3) is 0.846. The van der Waals surface area contributed by atoms with Crippen LogP contribution in [-0.4, -0.2) is 46.8 Å². The molecule has 1 aliphatic carbocycles. The van der Waals surface area contributed by atoms with Crippen molar-refractivity contribution in [3.63, 3.8) is 0 Å². The second-order valence-electron chi connectivity index (χ2n) is 5.13. The molecule has 0 bridgehead atoms. The molecule has 2 aliphatic rings. The molecule has 2 fully saturated rings. The van der Waals surface area contributed by atoms with E-state index >= 15 is 0 Å². The van der Waals surface area contributed by atoms with E-state index in [0.29, 0.717) is 30.7 Å². The molecule has 3 unspecified atom stereocenters. The average Bonchev–Trinajstić information content (AvgIpc) is 2.79. The van der Waals surface area contributed by atoms with Crippen molar-refractivity contribution in [2.45, 2.75) is 56.4 Å². The normalized spacial score (nSPS) is 33.4. The van der Waals surface area contributed by atoms with Crippen LogP contribution in [0.2, 0.25) is 0 Å². The third-order valence-corrected chi connectivity index (χ3v) is 5.13. The number of carbonyl (C=O) groups excluding carboxylic acids is 2. The molecular formula is C13H22N2O2S. The molecule has 102 valence electrons. The van der Waals surface area contributed by atoms with Gasteiger partial charge in [0.1, 0.15) is 6.04 Å². The molecule has 0 aromatic heterocycles. The van der Waals surface area contributed by atoms with Crippen LogP contribution in [0.25, 0.3) is 0 Å². The van der Waals surface area contributed by atoms with Gasteiger partial charge in [-0.3, -0.25) is 9.59 Å². The second kappa shape index (κ2) is 5.95. The molecule has 0 aromatic rings. The molecule has 0 aromatic carbocycles. The predicted molar refractivity (Wildman–Crippen MR) is 73.5 cm³/mol. The van der Waals surface area contributed by atoms with Crippen molar-refractivity contribution in [3.8, 4) is 0 Å². The molecule has 1 heterocycles. The highest BCUT2D eigenvalue weighted by molar-refractivity contribution is 7.99. The van der Waals surface area contributed by atoms with Gasteiger partial charge < -0.3 is 10.2 Å². The first-order valence-corrected chi connectivity index (χ1v) is 8.07. The number of nitrogens with one attached hydrogen (secondary N) is 1. The van der Waals surface area contributed by atoms with Crippen LogP contribution in [0, 0.1) is 0 Å². The van der Waals surface area contributed by atoms with E-state index in [1.807, 2.05) is 23.6 Å². The highest BCUT2D eigenvalue weighted by Crippen LogP contribution is 2.32. The Morgan fingerprint density at radius 2 is 2.17 bits per heavy atom. The Morgan fingerprint density at radius 1 is 1.39 bits per heavy atom. The lowest BCUT2D eigenvalue weighted by atomic mass is 10.1. The lowest BCUT2D eigenvalue weighted by molar-refractivity contribution is -0.135. The van der Waals surface area contributed by atoms with Gasteiger partial charge in [-0.25, -0.2) is 0 Å². The molecule has 2 amide bonds. The van der Waals surface area contributed by atoms with Crippen LogP contribution in [0.3, 0.4) is 0 Å². The minimum absolute atomic E-state index is 0.0112. The maximum absolute atomic E-state index is 12.4. The number of carbonyl (C=O) groups is 2. The largest absolute Gasteiger partial charge is 0.344 e. The van der Waals surface area contributed by atoms with E-state index in [9.17, 15) is 9.59 Å². The third-order valence-electron chi connectivity index (χ3n) is 4.04. The summed E-state index contributed by atoms with van der Waals surface area (Å²) in [4.78, 5) is 26.0. The van der Waals surface area contributed by atoms with Gasteiger partial charge >= 0.3 is 0 Å². The van der Waals surface area contributed by atoms with Crippen molar-refractivity contribution < 1.29 is 9.59 Å². The van der Waals surface area contributed by atoms with Gasteiger partial charge in [-0.1, -0.05) is 6.92 Å². The zero-order chi connectivity index (χ0) is 13.1. The van der Waals surface area contributed by atoms with Crippen LogP contribution >= 0.6 is 11.8 Å². The first-order valence-electron chi connectivity index (χ1n) is 6.78. The van der Waals surface area contributed by atoms with E-state index in [2.05, 4.69) is 11.6 Å². The zero-order valence-corrected chi connectivity index (χ0v) is 12.0. The molecule has 2 rings (SSSR count). The van der Waals surface area contributed by atoms with Crippen LogP contribution in [0.15, 0.2) is 0 Å². The molecule has 0 spiro atoms. The van der Waals surface area contributed by atoms with Crippen LogP contribution in [0.1, 0.15) is 39.0 Å². The van der Waals surface area contributed by atoms with Crippen LogP contribution in [-0.2, 0) is 9.59 Å². The Kier molecular flexibility index (Phi) is 4.54. The van der Waals surface area contributed by atoms with E-state index in [1.165, 1.54) is 6.42 Å². The number of amides is 2.